The Morgan fingerprint density at radius 3 is 2.87 bits per heavy atom. The first kappa shape index (κ1) is 12.5. The van der Waals surface area contributed by atoms with Crippen LogP contribution in [0.5, 0.6) is 0 Å². The van der Waals surface area contributed by atoms with Gasteiger partial charge in [-0.25, -0.2) is 0 Å². The summed E-state index contributed by atoms with van der Waals surface area (Å²) >= 11 is 7.20. The van der Waals surface area contributed by atoms with Gasteiger partial charge in [0, 0.05) is 4.88 Å². The Balaban J connectivity index is 2.40. The quantitative estimate of drug-likeness (QED) is 0.837. The van der Waals surface area contributed by atoms with Crippen molar-refractivity contribution < 1.29 is 9.90 Å². The molecule has 0 bridgehead atoms. The van der Waals surface area contributed by atoms with Crippen molar-refractivity contribution in [3.05, 3.63) is 21.3 Å². The molecule has 1 atom stereocenters. The molecule has 0 aliphatic heterocycles. The highest BCUT2D eigenvalue weighted by molar-refractivity contribution is 7.16. The Kier molecular flexibility index (Phi) is 5.08. The van der Waals surface area contributed by atoms with Crippen molar-refractivity contribution in [2.45, 2.75) is 19.9 Å². The molecule has 0 saturated heterocycles. The molecule has 0 radical (unpaired) electrons. The highest BCUT2D eigenvalue weighted by Gasteiger charge is 2.14. The molecule has 1 rings (SSSR count). The molecule has 5 heteroatoms. The molecule has 3 nitrogen and oxygen atoms in total. The molecular formula is C10H14ClNO2S. The van der Waals surface area contributed by atoms with Gasteiger partial charge in [0.1, 0.15) is 0 Å². The number of carbonyl (C=O) groups is 1. The van der Waals surface area contributed by atoms with E-state index in [1.54, 1.807) is 6.07 Å². The molecule has 0 aliphatic carbocycles. The van der Waals surface area contributed by atoms with Crippen LogP contribution in [0.4, 0.5) is 0 Å². The highest BCUT2D eigenvalue weighted by Crippen LogP contribution is 2.21. The fourth-order valence-corrected chi connectivity index (χ4v) is 2.19. The smallest absolute Gasteiger partial charge is 0.225 e. The van der Waals surface area contributed by atoms with Crippen molar-refractivity contribution in [3.8, 4) is 0 Å². The number of carbonyl (C=O) groups excluding carboxylic acids is 1. The summed E-state index contributed by atoms with van der Waals surface area (Å²) in [6.45, 7) is 2.25. The van der Waals surface area contributed by atoms with E-state index in [1.807, 2.05) is 13.0 Å². The molecule has 0 aromatic carbocycles. The molecule has 1 amide bonds. The Bertz CT molecular complexity index is 323. The molecule has 1 heterocycles. The van der Waals surface area contributed by atoms with Crippen LogP contribution in [0.3, 0.4) is 0 Å². The van der Waals surface area contributed by atoms with E-state index in [0.717, 1.165) is 4.88 Å². The Morgan fingerprint density at radius 1 is 1.67 bits per heavy atom. The van der Waals surface area contributed by atoms with E-state index < -0.39 is 0 Å². The second-order valence-corrected chi connectivity index (χ2v) is 5.01. The first-order valence-electron chi connectivity index (χ1n) is 4.80. The molecule has 84 valence electrons. The SMILES string of the molecule is CCC(CO)C(=O)NCc1ccc(Cl)s1. The van der Waals surface area contributed by atoms with Crippen LogP contribution in [-0.2, 0) is 11.3 Å². The van der Waals surface area contributed by atoms with Crippen molar-refractivity contribution in [1.29, 1.82) is 0 Å². The van der Waals surface area contributed by atoms with Gasteiger partial charge in [-0.3, -0.25) is 4.79 Å². The number of hydrogen-bond acceptors (Lipinski definition) is 3. The predicted octanol–water partition coefficient (Wildman–Crippen LogP) is 2.04. The van der Waals surface area contributed by atoms with Gasteiger partial charge in [-0.05, 0) is 18.6 Å². The van der Waals surface area contributed by atoms with E-state index in [-0.39, 0.29) is 18.4 Å². The van der Waals surface area contributed by atoms with Crippen LogP contribution in [-0.4, -0.2) is 17.6 Å². The molecule has 0 fully saturated rings. The lowest BCUT2D eigenvalue weighted by Crippen LogP contribution is -2.31. The fraction of sp³-hybridized carbons (Fsp3) is 0.500. The maximum atomic E-state index is 11.5. The second-order valence-electron chi connectivity index (χ2n) is 3.21. The predicted molar refractivity (Wildman–Crippen MR) is 62.0 cm³/mol. The van der Waals surface area contributed by atoms with Crippen molar-refractivity contribution in [3.63, 3.8) is 0 Å². The van der Waals surface area contributed by atoms with Crippen LogP contribution < -0.4 is 5.32 Å². The lowest BCUT2D eigenvalue weighted by molar-refractivity contribution is -0.126. The lowest BCUT2D eigenvalue weighted by atomic mass is 10.1. The largest absolute Gasteiger partial charge is 0.396 e. The van der Waals surface area contributed by atoms with Crippen LogP contribution >= 0.6 is 22.9 Å². The summed E-state index contributed by atoms with van der Waals surface area (Å²) in [7, 11) is 0. The van der Waals surface area contributed by atoms with E-state index in [9.17, 15) is 4.79 Å². The van der Waals surface area contributed by atoms with Crippen LogP contribution in [0, 0.1) is 5.92 Å². The highest BCUT2D eigenvalue weighted by atomic mass is 35.5. The number of nitrogens with one attached hydrogen (secondary N) is 1. The number of rotatable bonds is 5. The summed E-state index contributed by atoms with van der Waals surface area (Å²) in [5, 5.41) is 11.7. The zero-order valence-corrected chi connectivity index (χ0v) is 10.1. The van der Waals surface area contributed by atoms with Crippen LogP contribution in [0.2, 0.25) is 4.34 Å². The molecule has 2 N–H and O–H groups in total. The summed E-state index contributed by atoms with van der Waals surface area (Å²) in [5.74, 6) is -0.412. The van der Waals surface area contributed by atoms with Gasteiger partial charge in [0.05, 0.1) is 23.4 Å². The monoisotopic (exact) mass is 247 g/mol. The molecule has 0 aliphatic rings. The van der Waals surface area contributed by atoms with Gasteiger partial charge >= 0.3 is 0 Å². The zero-order valence-electron chi connectivity index (χ0n) is 8.50. The molecule has 1 unspecified atom stereocenters. The standard InChI is InChI=1S/C10H14ClNO2S/c1-2-7(6-13)10(14)12-5-8-3-4-9(11)15-8/h3-4,7,13H,2,5-6H2,1H3,(H,12,14). The summed E-state index contributed by atoms with van der Waals surface area (Å²) in [6.07, 6.45) is 0.646. The minimum absolute atomic E-state index is 0.104. The van der Waals surface area contributed by atoms with Gasteiger partial charge in [0.2, 0.25) is 5.91 Å². The van der Waals surface area contributed by atoms with Crippen molar-refractivity contribution in [2.75, 3.05) is 6.61 Å². The molecular weight excluding hydrogens is 234 g/mol. The van der Waals surface area contributed by atoms with Crippen molar-refractivity contribution in [2.24, 2.45) is 5.92 Å². The average Bonchev–Trinajstić information content (AvgIpc) is 2.63. The third-order valence-electron chi connectivity index (χ3n) is 2.15. The van der Waals surface area contributed by atoms with Crippen LogP contribution in [0.1, 0.15) is 18.2 Å². The molecule has 0 saturated carbocycles. The third-order valence-corrected chi connectivity index (χ3v) is 3.38. The van der Waals surface area contributed by atoms with Gasteiger partial charge in [-0.1, -0.05) is 18.5 Å². The molecule has 1 aromatic heterocycles. The van der Waals surface area contributed by atoms with E-state index >= 15 is 0 Å². The first-order valence-corrected chi connectivity index (χ1v) is 5.99. The summed E-state index contributed by atoms with van der Waals surface area (Å²) in [5.41, 5.74) is 0. The summed E-state index contributed by atoms with van der Waals surface area (Å²) in [4.78, 5) is 12.5. The minimum Gasteiger partial charge on any atom is -0.396 e. The Morgan fingerprint density at radius 2 is 2.40 bits per heavy atom. The first-order chi connectivity index (χ1) is 7.17. The maximum absolute atomic E-state index is 11.5. The van der Waals surface area contributed by atoms with E-state index in [2.05, 4.69) is 5.32 Å². The van der Waals surface area contributed by atoms with Gasteiger partial charge in [-0.2, -0.15) is 0 Å². The van der Waals surface area contributed by atoms with Gasteiger partial charge in [-0.15, -0.1) is 11.3 Å². The second kappa shape index (κ2) is 6.10. The molecule has 1 aromatic rings. The topological polar surface area (TPSA) is 49.3 Å². The van der Waals surface area contributed by atoms with E-state index in [4.69, 9.17) is 16.7 Å². The molecule has 15 heavy (non-hydrogen) atoms. The summed E-state index contributed by atoms with van der Waals surface area (Å²) < 4.78 is 0.716. The van der Waals surface area contributed by atoms with Gasteiger partial charge in [0.25, 0.3) is 0 Å². The van der Waals surface area contributed by atoms with E-state index in [0.29, 0.717) is 17.3 Å². The number of hydrogen-bond donors (Lipinski definition) is 2. The minimum atomic E-state index is -0.305. The third kappa shape index (κ3) is 3.81. The van der Waals surface area contributed by atoms with E-state index in [1.165, 1.54) is 11.3 Å². The number of aliphatic hydroxyl groups is 1. The normalized spacial score (nSPS) is 12.5. The molecule has 0 spiro atoms. The maximum Gasteiger partial charge on any atom is 0.225 e. The lowest BCUT2D eigenvalue weighted by Gasteiger charge is -2.11. The van der Waals surface area contributed by atoms with Crippen LogP contribution in [0.15, 0.2) is 12.1 Å². The van der Waals surface area contributed by atoms with Crippen molar-refractivity contribution in [1.82, 2.24) is 5.32 Å². The number of thiophene rings is 1. The Hall–Kier alpha value is -0.580. The van der Waals surface area contributed by atoms with Gasteiger partial charge in [0.15, 0.2) is 0 Å². The fourth-order valence-electron chi connectivity index (χ4n) is 1.16. The summed E-state index contributed by atoms with van der Waals surface area (Å²) in [6, 6.07) is 3.68. The number of aliphatic hydroxyl groups excluding tert-OH is 1. The van der Waals surface area contributed by atoms with Gasteiger partial charge < -0.3 is 10.4 Å². The van der Waals surface area contributed by atoms with Crippen molar-refractivity contribution >= 4 is 28.8 Å². The zero-order chi connectivity index (χ0) is 11.3. The number of amides is 1. The number of halogens is 1. The Labute approximate surface area is 98.1 Å². The average molecular weight is 248 g/mol. The van der Waals surface area contributed by atoms with Crippen LogP contribution in [0.25, 0.3) is 0 Å².